The Bertz CT molecular complexity index is 1410. The van der Waals surface area contributed by atoms with E-state index in [2.05, 4.69) is 20.9 Å². The molecule has 13 heteroatoms. The molecule has 3 rings (SSSR count). The Morgan fingerprint density at radius 2 is 1.47 bits per heavy atom. The smallest absolute Gasteiger partial charge is 0.326 e. The number of aromatic nitrogens is 1. The van der Waals surface area contributed by atoms with Crippen molar-refractivity contribution < 1.29 is 29.1 Å². The molecule has 0 fully saturated rings. The van der Waals surface area contributed by atoms with E-state index < -0.39 is 53.8 Å². The molecule has 0 aliphatic heterocycles. The van der Waals surface area contributed by atoms with Crippen LogP contribution in [0.3, 0.4) is 0 Å². The monoisotopic (exact) mass is 610 g/mol. The number of hydrogen-bond acceptors (Lipinski definition) is 7. The number of aromatic amines is 1. The second kappa shape index (κ2) is 16.3. The Hall–Kier alpha value is -4.36. The fourth-order valence-corrected chi connectivity index (χ4v) is 5.03. The molecule has 2 aromatic carbocycles. The summed E-state index contributed by atoms with van der Waals surface area (Å²) in [6.07, 6.45) is 3.62. The molecule has 1 aromatic heterocycles. The van der Waals surface area contributed by atoms with Gasteiger partial charge in [-0.25, -0.2) is 4.79 Å². The van der Waals surface area contributed by atoms with Crippen LogP contribution in [0.1, 0.15) is 30.4 Å². The van der Waals surface area contributed by atoms with Crippen LogP contribution in [0.5, 0.6) is 0 Å². The van der Waals surface area contributed by atoms with Gasteiger partial charge in [-0.15, -0.1) is 0 Å². The van der Waals surface area contributed by atoms with E-state index in [1.165, 1.54) is 11.8 Å². The number of fused-ring (bicyclic) bond motifs is 1. The summed E-state index contributed by atoms with van der Waals surface area (Å²) >= 11 is 1.42. The van der Waals surface area contributed by atoms with Crippen molar-refractivity contribution in [3.63, 3.8) is 0 Å². The molecule has 0 saturated heterocycles. The summed E-state index contributed by atoms with van der Waals surface area (Å²) in [4.78, 5) is 66.4. The molecule has 0 aliphatic carbocycles. The SMILES string of the molecule is CSCCC(NC(=O)C(CCC(N)=O)NC(=O)C(Cc1c[nH]c2ccccc12)NC(=O)C(N)Cc1ccccc1)C(=O)O. The van der Waals surface area contributed by atoms with Crippen LogP contribution >= 0.6 is 11.8 Å². The summed E-state index contributed by atoms with van der Waals surface area (Å²) in [5, 5.41) is 18.2. The van der Waals surface area contributed by atoms with Gasteiger partial charge in [0.05, 0.1) is 6.04 Å². The van der Waals surface area contributed by atoms with Crippen molar-refractivity contribution in [2.75, 3.05) is 12.0 Å². The standard InChI is InChI=1S/C30H38N6O6S/c1-43-14-13-24(30(41)42)35-28(39)23(11-12-26(32)37)34-29(40)25(16-19-17-33-22-10-6-5-9-20(19)22)36-27(38)21(31)15-18-7-3-2-4-8-18/h2-10,17,21,23-25,33H,11-16,31H2,1H3,(H2,32,37)(H,34,40)(H,35,39)(H,36,38)(H,41,42). The number of primary amides is 1. The molecular weight excluding hydrogens is 572 g/mol. The van der Waals surface area contributed by atoms with Crippen LogP contribution in [0, 0.1) is 0 Å². The molecule has 12 nitrogen and oxygen atoms in total. The Labute approximate surface area is 253 Å². The van der Waals surface area contributed by atoms with Gasteiger partial charge in [0.2, 0.25) is 23.6 Å². The molecule has 4 amide bonds. The molecule has 0 bridgehead atoms. The molecule has 0 saturated carbocycles. The van der Waals surface area contributed by atoms with Gasteiger partial charge in [-0.1, -0.05) is 48.5 Å². The van der Waals surface area contributed by atoms with Crippen molar-refractivity contribution in [2.45, 2.75) is 56.3 Å². The first-order chi connectivity index (χ1) is 20.6. The van der Waals surface area contributed by atoms with E-state index >= 15 is 0 Å². The van der Waals surface area contributed by atoms with Crippen molar-refractivity contribution in [1.29, 1.82) is 0 Å². The number of carboxylic acids is 1. The normalized spacial score (nSPS) is 13.8. The number of amides is 4. The fraction of sp³-hybridized carbons (Fsp3) is 0.367. The van der Waals surface area contributed by atoms with Crippen molar-refractivity contribution in [2.24, 2.45) is 11.5 Å². The quantitative estimate of drug-likeness (QED) is 0.116. The topological polar surface area (TPSA) is 209 Å². The van der Waals surface area contributed by atoms with Gasteiger partial charge < -0.3 is 37.5 Å². The van der Waals surface area contributed by atoms with E-state index in [1.807, 2.05) is 60.9 Å². The highest BCUT2D eigenvalue weighted by atomic mass is 32.2. The number of hydrogen-bond donors (Lipinski definition) is 7. The molecule has 43 heavy (non-hydrogen) atoms. The molecule has 9 N–H and O–H groups in total. The van der Waals surface area contributed by atoms with Crippen LogP contribution in [0.15, 0.2) is 60.8 Å². The van der Waals surface area contributed by atoms with Crippen LogP contribution in [0.4, 0.5) is 0 Å². The molecule has 3 aromatic rings. The summed E-state index contributed by atoms with van der Waals surface area (Å²) < 4.78 is 0. The summed E-state index contributed by atoms with van der Waals surface area (Å²) in [6.45, 7) is 0. The number of rotatable bonds is 17. The third kappa shape index (κ3) is 10.1. The first-order valence-electron chi connectivity index (χ1n) is 13.8. The molecule has 0 radical (unpaired) electrons. The second-order valence-corrected chi connectivity index (χ2v) is 11.2. The Kier molecular flexibility index (Phi) is 12.6. The van der Waals surface area contributed by atoms with Crippen LogP contribution in [-0.4, -0.2) is 75.9 Å². The summed E-state index contributed by atoms with van der Waals surface area (Å²) in [6, 6.07) is 12.1. The number of nitrogens with one attached hydrogen (secondary N) is 4. The van der Waals surface area contributed by atoms with Crippen LogP contribution < -0.4 is 27.4 Å². The molecule has 4 atom stereocenters. The van der Waals surface area contributed by atoms with E-state index in [0.29, 0.717) is 5.75 Å². The predicted octanol–water partition coefficient (Wildman–Crippen LogP) is 0.838. The molecule has 0 spiro atoms. The lowest BCUT2D eigenvalue weighted by Crippen LogP contribution is -2.58. The molecular formula is C30H38N6O6S. The second-order valence-electron chi connectivity index (χ2n) is 10.2. The maximum Gasteiger partial charge on any atom is 0.326 e. The summed E-state index contributed by atoms with van der Waals surface area (Å²) in [7, 11) is 0. The number of H-pyrrole nitrogens is 1. The van der Waals surface area contributed by atoms with E-state index in [-0.39, 0.29) is 32.1 Å². The van der Waals surface area contributed by atoms with Gasteiger partial charge in [0, 0.05) is 29.9 Å². The first kappa shape index (κ1) is 33.1. The lowest BCUT2D eigenvalue weighted by atomic mass is 10.0. The van der Waals surface area contributed by atoms with Crippen LogP contribution in [0.2, 0.25) is 0 Å². The van der Waals surface area contributed by atoms with Gasteiger partial charge in [-0.3, -0.25) is 19.2 Å². The number of thioether (sulfide) groups is 1. The van der Waals surface area contributed by atoms with E-state index in [9.17, 15) is 29.1 Å². The maximum atomic E-state index is 13.7. The molecule has 4 unspecified atom stereocenters. The van der Waals surface area contributed by atoms with Gasteiger partial charge in [0.15, 0.2) is 0 Å². The fourth-order valence-electron chi connectivity index (χ4n) is 4.56. The average molecular weight is 611 g/mol. The highest BCUT2D eigenvalue weighted by Gasteiger charge is 2.31. The summed E-state index contributed by atoms with van der Waals surface area (Å²) in [5.74, 6) is -3.48. The molecule has 1 heterocycles. The Balaban J connectivity index is 1.83. The lowest BCUT2D eigenvalue weighted by molar-refractivity contribution is -0.142. The predicted molar refractivity (Wildman–Crippen MR) is 165 cm³/mol. The first-order valence-corrected chi connectivity index (χ1v) is 15.2. The van der Waals surface area contributed by atoms with E-state index in [1.54, 1.807) is 6.20 Å². The number of aliphatic carboxylic acids is 1. The van der Waals surface area contributed by atoms with Crippen molar-refractivity contribution in [3.05, 3.63) is 71.9 Å². The van der Waals surface area contributed by atoms with E-state index in [0.717, 1.165) is 22.0 Å². The highest BCUT2D eigenvalue weighted by Crippen LogP contribution is 2.19. The number of benzene rings is 2. The minimum atomic E-state index is -1.28. The molecule has 230 valence electrons. The number of para-hydroxylation sites is 1. The number of carboxylic acid groups (broad SMARTS) is 1. The maximum absolute atomic E-state index is 13.7. The van der Waals surface area contributed by atoms with Crippen LogP contribution in [-0.2, 0) is 36.8 Å². The van der Waals surface area contributed by atoms with Gasteiger partial charge in [0.1, 0.15) is 18.1 Å². The van der Waals surface area contributed by atoms with Gasteiger partial charge in [-0.2, -0.15) is 11.8 Å². The number of nitrogens with two attached hydrogens (primary N) is 2. The zero-order valence-electron chi connectivity index (χ0n) is 23.9. The number of carbonyl (C=O) groups excluding carboxylic acids is 4. The van der Waals surface area contributed by atoms with Gasteiger partial charge in [0.25, 0.3) is 0 Å². The Morgan fingerprint density at radius 1 is 0.837 bits per heavy atom. The average Bonchev–Trinajstić information content (AvgIpc) is 3.39. The minimum absolute atomic E-state index is 0.0648. The third-order valence-electron chi connectivity index (χ3n) is 6.90. The van der Waals surface area contributed by atoms with Crippen LogP contribution in [0.25, 0.3) is 10.9 Å². The minimum Gasteiger partial charge on any atom is -0.480 e. The van der Waals surface area contributed by atoms with Crippen molar-refractivity contribution in [3.8, 4) is 0 Å². The number of carbonyl (C=O) groups is 5. The zero-order chi connectivity index (χ0) is 31.4. The van der Waals surface area contributed by atoms with Gasteiger partial charge >= 0.3 is 5.97 Å². The Morgan fingerprint density at radius 3 is 2.14 bits per heavy atom. The zero-order valence-corrected chi connectivity index (χ0v) is 24.7. The van der Waals surface area contributed by atoms with Gasteiger partial charge in [-0.05, 0) is 48.5 Å². The molecule has 0 aliphatic rings. The highest BCUT2D eigenvalue weighted by molar-refractivity contribution is 7.98. The summed E-state index contributed by atoms with van der Waals surface area (Å²) in [5.41, 5.74) is 13.9. The van der Waals surface area contributed by atoms with Crippen molar-refractivity contribution in [1.82, 2.24) is 20.9 Å². The largest absolute Gasteiger partial charge is 0.480 e. The lowest BCUT2D eigenvalue weighted by Gasteiger charge is -2.25. The van der Waals surface area contributed by atoms with Crippen molar-refractivity contribution >= 4 is 52.3 Å². The third-order valence-corrected chi connectivity index (χ3v) is 7.55. The van der Waals surface area contributed by atoms with E-state index in [4.69, 9.17) is 11.5 Å².